The molecule has 1 aliphatic heterocycles. The van der Waals surface area contributed by atoms with E-state index in [1.54, 1.807) is 0 Å². The summed E-state index contributed by atoms with van der Waals surface area (Å²) >= 11 is 0. The molecule has 0 spiro atoms. The van der Waals surface area contributed by atoms with Gasteiger partial charge in [-0.1, -0.05) is 55.5 Å². The van der Waals surface area contributed by atoms with Crippen LogP contribution in [0.15, 0.2) is 66.9 Å². The molecule has 3 aromatic rings. The van der Waals surface area contributed by atoms with Gasteiger partial charge in [0.15, 0.2) is 0 Å². The fourth-order valence-electron chi connectivity index (χ4n) is 5.16. The molecule has 4 atom stereocenters. The second-order valence-corrected chi connectivity index (χ2v) is 8.73. The number of rotatable bonds is 4. The SMILES string of the molecule is Cc1cc(C(C)C2NN(C)C(NC3CCc4ccccc43)c3ccccc32)ccn1. The standard InChI is InChI=1S/C26H30N4/c1-17-16-20(14-15-27-17)18(2)25-22-10-6-7-11-23(22)26(30(3)29-25)28-24-13-12-19-8-4-5-9-21(19)24/h4-11,14-16,18,24-26,28-29H,12-13H2,1-3H3. The zero-order valence-corrected chi connectivity index (χ0v) is 18.0. The van der Waals surface area contributed by atoms with Gasteiger partial charge < -0.3 is 0 Å². The Kier molecular flexibility index (Phi) is 5.15. The molecule has 4 nitrogen and oxygen atoms in total. The first-order chi connectivity index (χ1) is 14.6. The fourth-order valence-corrected chi connectivity index (χ4v) is 5.16. The van der Waals surface area contributed by atoms with Gasteiger partial charge in [-0.05, 0) is 59.7 Å². The Morgan fingerprint density at radius 3 is 2.57 bits per heavy atom. The molecule has 30 heavy (non-hydrogen) atoms. The van der Waals surface area contributed by atoms with E-state index < -0.39 is 0 Å². The fraction of sp³-hybridized carbons (Fsp3) is 0.346. The topological polar surface area (TPSA) is 40.2 Å². The average Bonchev–Trinajstić information content (AvgIpc) is 3.18. The summed E-state index contributed by atoms with van der Waals surface area (Å²) in [6, 6.07) is 22.7. The first kappa shape index (κ1) is 19.4. The van der Waals surface area contributed by atoms with Crippen LogP contribution in [-0.2, 0) is 6.42 Å². The van der Waals surface area contributed by atoms with Crippen molar-refractivity contribution < 1.29 is 0 Å². The summed E-state index contributed by atoms with van der Waals surface area (Å²) in [5.74, 6) is 0.337. The number of hydrogen-bond acceptors (Lipinski definition) is 4. The molecule has 4 heteroatoms. The molecule has 4 unspecified atom stereocenters. The Morgan fingerprint density at radius 2 is 1.77 bits per heavy atom. The summed E-state index contributed by atoms with van der Waals surface area (Å²) in [5, 5.41) is 6.20. The number of nitrogens with zero attached hydrogens (tertiary/aromatic N) is 2. The second-order valence-electron chi connectivity index (χ2n) is 8.73. The third kappa shape index (κ3) is 3.45. The third-order valence-corrected chi connectivity index (χ3v) is 6.79. The van der Waals surface area contributed by atoms with Crippen LogP contribution in [-0.4, -0.2) is 17.0 Å². The predicted octanol–water partition coefficient (Wildman–Crippen LogP) is 4.96. The Balaban J connectivity index is 1.46. The van der Waals surface area contributed by atoms with E-state index in [-0.39, 0.29) is 12.2 Å². The maximum atomic E-state index is 4.37. The first-order valence-corrected chi connectivity index (χ1v) is 11.0. The van der Waals surface area contributed by atoms with Crippen molar-refractivity contribution in [2.75, 3.05) is 7.05 Å². The molecule has 2 aromatic carbocycles. The van der Waals surface area contributed by atoms with E-state index in [0.29, 0.717) is 12.0 Å². The highest BCUT2D eigenvalue weighted by Crippen LogP contribution is 2.41. The van der Waals surface area contributed by atoms with Crippen LogP contribution in [0.1, 0.15) is 71.0 Å². The Labute approximate surface area is 179 Å². The first-order valence-electron chi connectivity index (χ1n) is 11.0. The van der Waals surface area contributed by atoms with E-state index in [2.05, 4.69) is 102 Å². The molecule has 2 heterocycles. The minimum atomic E-state index is 0.139. The number of pyridine rings is 1. The van der Waals surface area contributed by atoms with E-state index in [4.69, 9.17) is 0 Å². The highest BCUT2D eigenvalue weighted by atomic mass is 15.6. The summed E-state index contributed by atoms with van der Waals surface area (Å²) in [6.45, 7) is 4.36. The van der Waals surface area contributed by atoms with Gasteiger partial charge in [-0.3, -0.25) is 10.3 Å². The molecule has 0 amide bonds. The van der Waals surface area contributed by atoms with Crippen LogP contribution in [0.2, 0.25) is 0 Å². The van der Waals surface area contributed by atoms with Crippen molar-refractivity contribution in [2.45, 2.75) is 50.9 Å². The van der Waals surface area contributed by atoms with E-state index >= 15 is 0 Å². The zero-order chi connectivity index (χ0) is 20.7. The lowest BCUT2D eigenvalue weighted by molar-refractivity contribution is 0.0763. The number of nitrogens with one attached hydrogen (secondary N) is 2. The lowest BCUT2D eigenvalue weighted by Crippen LogP contribution is -2.51. The summed E-state index contributed by atoms with van der Waals surface area (Å²) in [5.41, 5.74) is 11.8. The van der Waals surface area contributed by atoms with Crippen molar-refractivity contribution in [2.24, 2.45) is 0 Å². The number of aromatic nitrogens is 1. The van der Waals surface area contributed by atoms with Crippen LogP contribution in [0, 0.1) is 6.92 Å². The third-order valence-electron chi connectivity index (χ3n) is 6.79. The summed E-state index contributed by atoms with van der Waals surface area (Å²) in [4.78, 5) is 4.37. The summed E-state index contributed by atoms with van der Waals surface area (Å²) in [6.07, 6.45) is 4.36. The van der Waals surface area contributed by atoms with Gasteiger partial charge in [-0.15, -0.1) is 0 Å². The largest absolute Gasteiger partial charge is 0.290 e. The highest BCUT2D eigenvalue weighted by molar-refractivity contribution is 5.39. The molecule has 0 saturated heterocycles. The van der Waals surface area contributed by atoms with Crippen LogP contribution in [0.4, 0.5) is 0 Å². The van der Waals surface area contributed by atoms with Gasteiger partial charge in [0.2, 0.25) is 0 Å². The quantitative estimate of drug-likeness (QED) is 0.652. The summed E-state index contributed by atoms with van der Waals surface area (Å²) < 4.78 is 0. The van der Waals surface area contributed by atoms with Crippen molar-refractivity contribution in [1.29, 1.82) is 0 Å². The Hall–Kier alpha value is -2.53. The number of fused-ring (bicyclic) bond motifs is 2. The number of aryl methyl sites for hydroxylation is 2. The maximum absolute atomic E-state index is 4.37. The molecular weight excluding hydrogens is 368 g/mol. The molecule has 1 aromatic heterocycles. The van der Waals surface area contributed by atoms with E-state index in [9.17, 15) is 0 Å². The molecule has 0 saturated carbocycles. The average molecular weight is 399 g/mol. The van der Waals surface area contributed by atoms with Crippen LogP contribution < -0.4 is 10.7 Å². The minimum Gasteiger partial charge on any atom is -0.290 e. The molecule has 2 aliphatic rings. The van der Waals surface area contributed by atoms with E-state index in [0.717, 1.165) is 18.5 Å². The molecule has 1 aliphatic carbocycles. The van der Waals surface area contributed by atoms with Crippen LogP contribution >= 0.6 is 0 Å². The van der Waals surface area contributed by atoms with Crippen molar-refractivity contribution in [3.8, 4) is 0 Å². The molecular formula is C26H30N4. The smallest absolute Gasteiger partial charge is 0.0997 e. The Morgan fingerprint density at radius 1 is 1.03 bits per heavy atom. The van der Waals surface area contributed by atoms with Crippen LogP contribution in [0.5, 0.6) is 0 Å². The van der Waals surface area contributed by atoms with Crippen molar-refractivity contribution in [1.82, 2.24) is 20.7 Å². The number of hydrazine groups is 1. The van der Waals surface area contributed by atoms with Gasteiger partial charge >= 0.3 is 0 Å². The number of hydrogen-bond donors (Lipinski definition) is 2. The molecule has 154 valence electrons. The predicted molar refractivity (Wildman–Crippen MR) is 121 cm³/mol. The zero-order valence-electron chi connectivity index (χ0n) is 18.0. The molecule has 0 radical (unpaired) electrons. The van der Waals surface area contributed by atoms with Gasteiger partial charge in [0.1, 0.15) is 0 Å². The van der Waals surface area contributed by atoms with Gasteiger partial charge in [-0.25, -0.2) is 10.4 Å². The van der Waals surface area contributed by atoms with Gasteiger partial charge in [0.05, 0.1) is 12.2 Å². The van der Waals surface area contributed by atoms with Crippen molar-refractivity contribution >= 4 is 0 Å². The highest BCUT2D eigenvalue weighted by Gasteiger charge is 2.36. The monoisotopic (exact) mass is 398 g/mol. The molecule has 5 rings (SSSR count). The Bertz CT molecular complexity index is 1050. The van der Waals surface area contributed by atoms with Crippen molar-refractivity contribution in [3.63, 3.8) is 0 Å². The van der Waals surface area contributed by atoms with E-state index in [1.165, 1.54) is 27.8 Å². The summed E-state index contributed by atoms with van der Waals surface area (Å²) in [7, 11) is 2.16. The van der Waals surface area contributed by atoms with E-state index in [1.807, 2.05) is 6.20 Å². The van der Waals surface area contributed by atoms with Crippen molar-refractivity contribution in [3.05, 3.63) is 100 Å². The molecule has 2 N–H and O–H groups in total. The van der Waals surface area contributed by atoms with Crippen LogP contribution in [0.3, 0.4) is 0 Å². The normalized spacial score (nSPS) is 24.3. The molecule has 0 bridgehead atoms. The minimum absolute atomic E-state index is 0.139. The second kappa shape index (κ2) is 7.95. The van der Waals surface area contributed by atoms with Gasteiger partial charge in [0.25, 0.3) is 0 Å². The lowest BCUT2D eigenvalue weighted by atomic mass is 9.84. The van der Waals surface area contributed by atoms with Gasteiger partial charge in [-0.2, -0.15) is 0 Å². The number of benzene rings is 2. The van der Waals surface area contributed by atoms with Gasteiger partial charge in [0, 0.05) is 30.9 Å². The van der Waals surface area contributed by atoms with Crippen LogP contribution in [0.25, 0.3) is 0 Å². The maximum Gasteiger partial charge on any atom is 0.0997 e. The lowest BCUT2D eigenvalue weighted by Gasteiger charge is -2.43. The molecule has 0 fully saturated rings.